The molecule has 0 saturated carbocycles. The van der Waals surface area contributed by atoms with E-state index in [1.165, 1.54) is 0 Å². The maximum atomic E-state index is 13.5. The Morgan fingerprint density at radius 3 is 2.44 bits per heavy atom. The summed E-state index contributed by atoms with van der Waals surface area (Å²) in [6, 6.07) is 9.34. The first-order valence-electron chi connectivity index (χ1n) is 12.4. The number of pyridine rings is 1. The molecule has 196 valence electrons. The van der Waals surface area contributed by atoms with Gasteiger partial charge in [0.1, 0.15) is 6.10 Å². The quantitative estimate of drug-likeness (QED) is 0.491. The maximum absolute atomic E-state index is 13.5. The number of carbonyl (C=O) groups is 1. The first-order valence-corrected chi connectivity index (χ1v) is 13.5. The number of nitrogens with zero attached hydrogens (tertiary/aromatic N) is 5. The van der Waals surface area contributed by atoms with Gasteiger partial charge in [0, 0.05) is 76.5 Å². The Kier molecular flexibility index (Phi) is 9.23. The fourth-order valence-corrected chi connectivity index (χ4v) is 5.39. The third-order valence-corrected chi connectivity index (χ3v) is 8.09. The summed E-state index contributed by atoms with van der Waals surface area (Å²) in [5.41, 5.74) is 1.05. The molecule has 0 bridgehead atoms. The molecular formula is C26H34Cl3N5O2. The van der Waals surface area contributed by atoms with Crippen molar-refractivity contribution < 1.29 is 9.53 Å². The van der Waals surface area contributed by atoms with E-state index in [-0.39, 0.29) is 24.0 Å². The van der Waals surface area contributed by atoms with Crippen molar-refractivity contribution in [1.29, 1.82) is 0 Å². The van der Waals surface area contributed by atoms with E-state index in [4.69, 9.17) is 39.5 Å². The van der Waals surface area contributed by atoms with E-state index in [9.17, 15) is 4.79 Å². The van der Waals surface area contributed by atoms with Crippen LogP contribution in [0.1, 0.15) is 18.4 Å². The number of rotatable bonds is 7. The molecule has 0 radical (unpaired) electrons. The summed E-state index contributed by atoms with van der Waals surface area (Å²) >= 11 is 18.5. The number of halogens is 3. The van der Waals surface area contributed by atoms with Crippen molar-refractivity contribution in [2.45, 2.75) is 18.9 Å². The number of hydrogen-bond acceptors (Lipinski definition) is 5. The summed E-state index contributed by atoms with van der Waals surface area (Å²) in [6.45, 7) is 8.55. The molecule has 3 atom stereocenters. The van der Waals surface area contributed by atoms with Gasteiger partial charge in [0.25, 0.3) is 0 Å². The number of ether oxygens (including phenoxy) is 1. The number of hydrogen-bond donors (Lipinski definition) is 0. The molecule has 0 spiro atoms. The van der Waals surface area contributed by atoms with Crippen LogP contribution in [0.5, 0.6) is 5.88 Å². The standard InChI is InChI=1S/C26H34Cl3N5O2/c1-18(36-25-7-5-20(27)15-30-25)21-16-34(17-22(21)19-4-6-23(28)24(29)14-19)26(35)33-12-10-32(11-13-33)9-8-31(2)3/h4-7,14-15,18,21-22H,8-13,16-17H2,1-3H3/t18-,21+,22+/m1/s1. The Labute approximate surface area is 228 Å². The van der Waals surface area contributed by atoms with E-state index in [0.717, 1.165) is 44.8 Å². The third kappa shape index (κ3) is 6.75. The number of amides is 2. The van der Waals surface area contributed by atoms with Crippen LogP contribution < -0.4 is 4.74 Å². The molecule has 2 saturated heterocycles. The molecule has 0 aliphatic carbocycles. The topological polar surface area (TPSA) is 52.2 Å². The van der Waals surface area contributed by atoms with Crippen molar-refractivity contribution >= 4 is 40.8 Å². The predicted octanol–water partition coefficient (Wildman–Crippen LogP) is 4.82. The van der Waals surface area contributed by atoms with Crippen molar-refractivity contribution in [2.75, 3.05) is 66.5 Å². The predicted molar refractivity (Wildman–Crippen MR) is 146 cm³/mol. The van der Waals surface area contributed by atoms with Crippen LogP contribution in [-0.2, 0) is 0 Å². The van der Waals surface area contributed by atoms with Crippen LogP contribution in [0.15, 0.2) is 36.5 Å². The van der Waals surface area contributed by atoms with Crippen LogP contribution >= 0.6 is 34.8 Å². The van der Waals surface area contributed by atoms with Crippen LogP contribution in [0, 0.1) is 5.92 Å². The molecule has 3 heterocycles. The lowest BCUT2D eigenvalue weighted by molar-refractivity contribution is 0.109. The molecule has 2 aromatic rings. The van der Waals surface area contributed by atoms with Gasteiger partial charge in [0.2, 0.25) is 5.88 Å². The number of carbonyl (C=O) groups excluding carboxylic acids is 1. The summed E-state index contributed by atoms with van der Waals surface area (Å²) in [4.78, 5) is 26.4. The molecule has 1 aromatic heterocycles. The van der Waals surface area contributed by atoms with Crippen molar-refractivity contribution in [3.63, 3.8) is 0 Å². The van der Waals surface area contributed by atoms with Gasteiger partial charge in [-0.3, -0.25) is 4.90 Å². The SMILES string of the molecule is C[C@@H](Oc1ccc(Cl)cn1)[C@@H]1CN(C(=O)N2CCN(CCN(C)C)CC2)C[C@H]1c1ccc(Cl)c(Cl)c1. The van der Waals surface area contributed by atoms with Gasteiger partial charge < -0.3 is 19.4 Å². The molecule has 2 amide bonds. The lowest BCUT2D eigenvalue weighted by atomic mass is 9.86. The fraction of sp³-hybridized carbons (Fsp3) is 0.538. The van der Waals surface area contributed by atoms with Gasteiger partial charge in [0.05, 0.1) is 15.1 Å². The average Bonchev–Trinajstić information content (AvgIpc) is 3.31. The summed E-state index contributed by atoms with van der Waals surface area (Å²) in [5.74, 6) is 0.635. The van der Waals surface area contributed by atoms with Crippen molar-refractivity contribution in [3.8, 4) is 5.88 Å². The Balaban J connectivity index is 1.46. The molecule has 36 heavy (non-hydrogen) atoms. The number of likely N-dealkylation sites (N-methyl/N-ethyl adjacent to an activating group) is 1. The van der Waals surface area contributed by atoms with Crippen LogP contribution in [0.25, 0.3) is 0 Å². The van der Waals surface area contributed by atoms with Crippen molar-refractivity contribution in [2.24, 2.45) is 5.92 Å². The zero-order valence-electron chi connectivity index (χ0n) is 21.0. The number of benzene rings is 1. The number of likely N-dealkylation sites (tertiary alicyclic amines) is 1. The molecule has 7 nitrogen and oxygen atoms in total. The second-order valence-electron chi connectivity index (χ2n) is 9.90. The maximum Gasteiger partial charge on any atom is 0.320 e. The van der Waals surface area contributed by atoms with Gasteiger partial charge in [0.15, 0.2) is 0 Å². The summed E-state index contributed by atoms with van der Waals surface area (Å²) in [5, 5.41) is 1.59. The summed E-state index contributed by atoms with van der Waals surface area (Å²) < 4.78 is 6.20. The van der Waals surface area contributed by atoms with Crippen LogP contribution in [0.3, 0.4) is 0 Å². The number of urea groups is 1. The highest BCUT2D eigenvalue weighted by atomic mass is 35.5. The van der Waals surface area contributed by atoms with Crippen LogP contribution in [-0.4, -0.2) is 103 Å². The zero-order valence-corrected chi connectivity index (χ0v) is 23.3. The third-order valence-electron chi connectivity index (χ3n) is 7.12. The Bertz CT molecular complexity index is 1030. The van der Waals surface area contributed by atoms with Gasteiger partial charge in [-0.05, 0) is 44.8 Å². The van der Waals surface area contributed by atoms with E-state index < -0.39 is 0 Å². The summed E-state index contributed by atoms with van der Waals surface area (Å²) in [7, 11) is 4.17. The molecule has 2 fully saturated rings. The number of aromatic nitrogens is 1. The van der Waals surface area contributed by atoms with E-state index in [1.807, 2.05) is 34.9 Å². The van der Waals surface area contributed by atoms with E-state index >= 15 is 0 Å². The lowest BCUT2D eigenvalue weighted by Gasteiger charge is -2.37. The highest BCUT2D eigenvalue weighted by Crippen LogP contribution is 2.38. The number of piperazine rings is 1. The largest absolute Gasteiger partial charge is 0.474 e. The minimum Gasteiger partial charge on any atom is -0.474 e. The highest BCUT2D eigenvalue weighted by Gasteiger charge is 2.41. The first kappa shape index (κ1) is 27.3. The monoisotopic (exact) mass is 553 g/mol. The molecule has 10 heteroatoms. The lowest BCUT2D eigenvalue weighted by Crippen LogP contribution is -2.53. The molecule has 2 aliphatic rings. The van der Waals surface area contributed by atoms with Gasteiger partial charge >= 0.3 is 6.03 Å². The van der Waals surface area contributed by atoms with Crippen LogP contribution in [0.4, 0.5) is 4.79 Å². The smallest absolute Gasteiger partial charge is 0.320 e. The van der Waals surface area contributed by atoms with E-state index in [0.29, 0.717) is 34.0 Å². The molecule has 2 aliphatic heterocycles. The van der Waals surface area contributed by atoms with Crippen molar-refractivity contribution in [1.82, 2.24) is 24.6 Å². The second kappa shape index (κ2) is 12.2. The molecular weight excluding hydrogens is 521 g/mol. The van der Waals surface area contributed by atoms with Gasteiger partial charge in [-0.25, -0.2) is 9.78 Å². The van der Waals surface area contributed by atoms with Gasteiger partial charge in [-0.15, -0.1) is 0 Å². The van der Waals surface area contributed by atoms with E-state index in [2.05, 4.69) is 28.9 Å². The molecule has 0 unspecified atom stereocenters. The summed E-state index contributed by atoms with van der Waals surface area (Å²) in [6.07, 6.45) is 1.39. The molecule has 1 aromatic carbocycles. The fourth-order valence-electron chi connectivity index (χ4n) is 4.97. The normalized spacial score (nSPS) is 21.8. The minimum absolute atomic E-state index is 0.0602. The average molecular weight is 555 g/mol. The second-order valence-corrected chi connectivity index (χ2v) is 11.2. The molecule has 4 rings (SSSR count). The zero-order chi connectivity index (χ0) is 25.8. The van der Waals surface area contributed by atoms with Gasteiger partial charge in [-0.2, -0.15) is 0 Å². The molecule has 0 N–H and O–H groups in total. The minimum atomic E-state index is -0.182. The van der Waals surface area contributed by atoms with Gasteiger partial charge in [-0.1, -0.05) is 40.9 Å². The van der Waals surface area contributed by atoms with Crippen molar-refractivity contribution in [3.05, 3.63) is 57.2 Å². The van der Waals surface area contributed by atoms with E-state index in [1.54, 1.807) is 18.3 Å². The Morgan fingerprint density at radius 1 is 1.06 bits per heavy atom. The van der Waals surface area contributed by atoms with Crippen LogP contribution in [0.2, 0.25) is 15.1 Å². The Hall–Kier alpha value is -1.77. The first-order chi connectivity index (χ1) is 17.2. The Morgan fingerprint density at radius 2 is 1.81 bits per heavy atom. The highest BCUT2D eigenvalue weighted by molar-refractivity contribution is 6.42.